The van der Waals surface area contributed by atoms with Gasteiger partial charge in [0.05, 0.1) is 35.2 Å². The van der Waals surface area contributed by atoms with Crippen molar-refractivity contribution in [2.75, 3.05) is 19.5 Å². The molecule has 16 rings (SSSR count). The molecule has 19 nitrogen and oxygen atoms in total. The van der Waals surface area contributed by atoms with E-state index in [1.807, 2.05) is 184 Å². The number of amides is 1. The molecule has 8 aromatic carbocycles. The van der Waals surface area contributed by atoms with Crippen molar-refractivity contribution in [3.63, 3.8) is 0 Å². The smallest absolute Gasteiger partial charge is 0.256 e. The number of para-hydroxylation sites is 3. The zero-order chi connectivity index (χ0) is 62.5. The lowest BCUT2D eigenvalue weighted by Gasteiger charge is -2.06. The average Bonchev–Trinajstić information content (AvgIpc) is 1.65. The van der Waals surface area contributed by atoms with Crippen LogP contribution in [0.5, 0.6) is 23.4 Å². The Hall–Kier alpha value is -11.8. The summed E-state index contributed by atoms with van der Waals surface area (Å²) in [5.74, 6) is 0.648. The van der Waals surface area contributed by atoms with Gasteiger partial charge >= 0.3 is 0 Å². The van der Waals surface area contributed by atoms with Gasteiger partial charge in [-0.05, 0) is 117 Å². The quantitative estimate of drug-likeness (QED) is 0.0397. The van der Waals surface area contributed by atoms with Gasteiger partial charge in [0, 0.05) is 100 Å². The summed E-state index contributed by atoms with van der Waals surface area (Å²) >= 11 is 6.28. The van der Waals surface area contributed by atoms with Crippen molar-refractivity contribution in [2.45, 2.75) is 34.1 Å². The van der Waals surface area contributed by atoms with E-state index in [1.54, 1.807) is 7.11 Å². The summed E-state index contributed by atoms with van der Waals surface area (Å²) in [6.45, 7) is 3.90. The Morgan fingerprint density at radius 1 is 0.495 bits per heavy atom. The van der Waals surface area contributed by atoms with E-state index in [2.05, 4.69) is 50.9 Å². The van der Waals surface area contributed by atoms with Crippen LogP contribution in [0.25, 0.3) is 93.9 Å². The molecule has 0 saturated heterocycles. The maximum atomic E-state index is 12.6. The number of oxime groups is 1. The van der Waals surface area contributed by atoms with Crippen molar-refractivity contribution < 1.29 is 29.7 Å². The number of carbonyl (C=O) groups excluding carboxylic acids is 1. The molecule has 0 fully saturated rings. The number of ether oxygens (including phenoxy) is 1. The number of aromatic amines is 5. The molecular formula is C71H57ClN10O9. The number of H-pyrrole nitrogens is 5. The normalized spacial score (nSPS) is 14.0. The van der Waals surface area contributed by atoms with Crippen LogP contribution in [0.15, 0.2) is 196 Å². The molecule has 13 aromatic rings. The summed E-state index contributed by atoms with van der Waals surface area (Å²) in [4.78, 5) is 66.9. The Labute approximate surface area is 523 Å². The van der Waals surface area contributed by atoms with Gasteiger partial charge in [0.2, 0.25) is 0 Å². The molecule has 1 amide bonds. The molecule has 20 heteroatoms. The SMILES string of the molecule is C.CO/N=C1/C(=C2/C(=O)Nc3cc(C)c(Cl)cc32)Cc2ccccc21.COc1ccc2[nH]c(O)c(C3=C(N=O)c4ccccc4C3)c2c1.Cc1ccc2c(-c3[nH]c4ccccc4c3N=O)c(O)[nH]c2c1.O=Nc1c(-c2c(O)[nH]c3ccccc23)[nH]c2ccccc12. The molecule has 6 heterocycles. The second-order valence-corrected chi connectivity index (χ2v) is 22.1. The fourth-order valence-electron chi connectivity index (χ4n) is 12.3. The van der Waals surface area contributed by atoms with Crippen LogP contribution in [0, 0.1) is 28.6 Å². The third-order valence-corrected chi connectivity index (χ3v) is 16.8. The summed E-state index contributed by atoms with van der Waals surface area (Å²) in [5, 5.41) is 52.2. The molecule has 91 heavy (non-hydrogen) atoms. The van der Waals surface area contributed by atoms with Crippen molar-refractivity contribution in [1.82, 2.24) is 24.9 Å². The zero-order valence-corrected chi connectivity index (χ0v) is 49.3. The Morgan fingerprint density at radius 3 is 1.62 bits per heavy atom. The topological polar surface area (TPSA) is 288 Å². The van der Waals surface area contributed by atoms with E-state index in [4.69, 9.17) is 21.2 Å². The number of aromatic nitrogens is 5. The number of aryl methyl sites for hydroxylation is 2. The van der Waals surface area contributed by atoms with Gasteiger partial charge in [0.15, 0.2) is 17.6 Å². The molecule has 0 unspecified atom stereocenters. The third-order valence-electron chi connectivity index (χ3n) is 16.4. The lowest BCUT2D eigenvalue weighted by atomic mass is 9.97. The first kappa shape index (κ1) is 59.5. The first-order valence-corrected chi connectivity index (χ1v) is 28.8. The fraction of sp³-hybridized carbons (Fsp3) is 0.0986. The molecule has 0 radical (unpaired) electrons. The number of allylic oxidation sites excluding steroid dienone is 2. The summed E-state index contributed by atoms with van der Waals surface area (Å²) in [6, 6.07) is 53.2. The Kier molecular flexibility index (Phi) is 15.9. The number of methoxy groups -OCH3 is 1. The Balaban J connectivity index is 0.000000117. The van der Waals surface area contributed by atoms with Gasteiger partial charge in [-0.15, -0.1) is 14.7 Å². The number of rotatable bonds is 8. The van der Waals surface area contributed by atoms with Crippen molar-refractivity contribution in [3.05, 3.63) is 240 Å². The minimum atomic E-state index is -0.127. The van der Waals surface area contributed by atoms with Crippen LogP contribution in [-0.2, 0) is 22.5 Å². The van der Waals surface area contributed by atoms with Crippen LogP contribution < -0.4 is 10.1 Å². The first-order chi connectivity index (χ1) is 43.8. The molecular weight excluding hydrogens is 1170 g/mol. The molecule has 0 atom stereocenters. The molecule has 0 spiro atoms. The van der Waals surface area contributed by atoms with Gasteiger partial charge in [-0.3, -0.25) is 4.79 Å². The van der Waals surface area contributed by atoms with Gasteiger partial charge in [0.25, 0.3) is 5.91 Å². The molecule has 1 aliphatic heterocycles. The van der Waals surface area contributed by atoms with Crippen LogP contribution in [-0.4, -0.2) is 66.1 Å². The number of benzene rings is 8. The number of halogens is 1. The van der Waals surface area contributed by atoms with Gasteiger partial charge in [-0.2, -0.15) is 0 Å². The lowest BCUT2D eigenvalue weighted by Crippen LogP contribution is -2.10. The van der Waals surface area contributed by atoms with Crippen molar-refractivity contribution in [1.29, 1.82) is 0 Å². The standard InChI is InChI=1S/C19H15ClN2O2.C18H14N2O3.C17H13N3O2.C16H11N3O2.CH4/c1-10-7-16-13(9-15(10)20)17(19(23)21-16)14-8-11-5-3-4-6-12(11)18(14)22-24-2;1-23-11-6-7-15-13(9-11)16(18(21)19-15)14-8-10-4-2-3-5-12(10)17(14)20-22;1-9-6-7-10-13(8-9)19-17(21)14(10)16-15(20-22)11-4-2-3-5-12(11)18-16;20-16-13(9-5-1-3-7-11(9)18-16)15-14(19-21)10-6-2-4-8-12(10)17-15;/h3-7,9H,8H2,1-2H3,(H,21,23);2-7,9,19,21H,8H2,1H3;2-8,18-19,21H,1H3;1-8,17-18,20H;1H4/b17-14+,22-18+;;;;. The van der Waals surface area contributed by atoms with Crippen LogP contribution >= 0.6 is 11.6 Å². The summed E-state index contributed by atoms with van der Waals surface area (Å²) in [5.41, 5.74) is 18.4. The van der Waals surface area contributed by atoms with Crippen LogP contribution in [0.3, 0.4) is 0 Å². The number of aromatic hydroxyl groups is 3. The van der Waals surface area contributed by atoms with E-state index in [0.717, 1.165) is 110 Å². The predicted molar refractivity (Wildman–Crippen MR) is 362 cm³/mol. The number of fused-ring (bicyclic) bond motifs is 8. The molecule has 452 valence electrons. The van der Waals surface area contributed by atoms with E-state index < -0.39 is 0 Å². The maximum Gasteiger partial charge on any atom is 0.256 e. The molecule has 9 N–H and O–H groups in total. The zero-order valence-electron chi connectivity index (χ0n) is 48.5. The van der Waals surface area contributed by atoms with Crippen LogP contribution in [0.1, 0.15) is 51.9 Å². The third kappa shape index (κ3) is 10.5. The van der Waals surface area contributed by atoms with Gasteiger partial charge < -0.3 is 55.1 Å². The first-order valence-electron chi connectivity index (χ1n) is 28.4. The largest absolute Gasteiger partial charge is 0.497 e. The van der Waals surface area contributed by atoms with E-state index in [-0.39, 0.29) is 31.0 Å². The van der Waals surface area contributed by atoms with Crippen molar-refractivity contribution in [3.8, 4) is 45.9 Å². The molecule has 3 aliphatic rings. The van der Waals surface area contributed by atoms with Crippen molar-refractivity contribution >= 4 is 112 Å². The number of hydrogen-bond donors (Lipinski definition) is 9. The second-order valence-electron chi connectivity index (χ2n) is 21.7. The fourth-order valence-corrected chi connectivity index (χ4v) is 12.5. The highest BCUT2D eigenvalue weighted by Gasteiger charge is 2.35. The number of hydrogen-bond acceptors (Lipinski definition) is 13. The number of carbonyl (C=O) groups is 1. The number of nitroso groups, excluding NO2 is 3. The summed E-state index contributed by atoms with van der Waals surface area (Å²) in [6.07, 6.45) is 1.21. The van der Waals surface area contributed by atoms with Gasteiger partial charge in [0.1, 0.15) is 35.6 Å². The molecule has 0 saturated carbocycles. The van der Waals surface area contributed by atoms with E-state index in [1.165, 1.54) is 7.11 Å². The Bertz CT molecular complexity index is 5210. The Morgan fingerprint density at radius 2 is 1.01 bits per heavy atom. The number of nitrogens with one attached hydrogen (secondary N) is 6. The highest BCUT2D eigenvalue weighted by Crippen LogP contribution is 2.48. The highest BCUT2D eigenvalue weighted by atomic mass is 35.5. The number of nitrogens with zero attached hydrogens (tertiary/aromatic N) is 4. The minimum Gasteiger partial charge on any atom is -0.497 e. The van der Waals surface area contributed by atoms with E-state index >= 15 is 0 Å². The molecule has 0 bridgehead atoms. The number of anilines is 1. The van der Waals surface area contributed by atoms with Gasteiger partial charge in [-0.25, -0.2) is 0 Å². The lowest BCUT2D eigenvalue weighted by molar-refractivity contribution is -0.110. The molecule has 5 aromatic heterocycles. The van der Waals surface area contributed by atoms with Crippen LogP contribution in [0.4, 0.5) is 17.1 Å². The van der Waals surface area contributed by atoms with E-state index in [9.17, 15) is 34.8 Å². The van der Waals surface area contributed by atoms with Gasteiger partial charge in [-0.1, -0.05) is 139 Å². The summed E-state index contributed by atoms with van der Waals surface area (Å²) in [7, 11) is 3.11. The van der Waals surface area contributed by atoms with Crippen molar-refractivity contribution in [2.24, 2.45) is 20.7 Å². The summed E-state index contributed by atoms with van der Waals surface area (Å²) < 4.78 is 5.27. The average molecular weight is 1230 g/mol. The van der Waals surface area contributed by atoms with E-state index in [0.29, 0.717) is 80.0 Å². The van der Waals surface area contributed by atoms with Crippen LogP contribution in [0.2, 0.25) is 5.02 Å². The monoisotopic (exact) mass is 1230 g/mol. The minimum absolute atomic E-state index is 0. The second kappa shape index (κ2) is 24.4. The predicted octanol–water partition coefficient (Wildman–Crippen LogP) is 17.8. The molecule has 2 aliphatic carbocycles. The highest BCUT2D eigenvalue weighted by molar-refractivity contribution is 6.39. The maximum absolute atomic E-state index is 12.6.